The molecule has 0 saturated carbocycles. The van der Waals surface area contributed by atoms with E-state index in [9.17, 15) is 0 Å². The summed E-state index contributed by atoms with van der Waals surface area (Å²) in [5, 5.41) is 9.71. The standard InChI is InChI=1S/C56H40N2/c1-3-23-47(24-4-1)57(49-35-31-41-17-7-11-21-45(41)39-49)55-37-33-43(51-27-13-15-29-53(51)55)19-9-10-20-44-34-38-56(54-30-16-14-28-52(44)54)58(48-25-5-2-6-26-48)50-36-32-42-18-8-12-22-46(42)40-50/h1-40H. The van der Waals surface area contributed by atoms with E-state index in [4.69, 9.17) is 0 Å². The Hall–Kier alpha value is -7.68. The van der Waals surface area contributed by atoms with Gasteiger partial charge in [-0.2, -0.15) is 0 Å². The number of rotatable bonds is 9. The van der Waals surface area contributed by atoms with Crippen molar-refractivity contribution < 1.29 is 0 Å². The summed E-state index contributed by atoms with van der Waals surface area (Å²) in [6.45, 7) is 0. The van der Waals surface area contributed by atoms with Crippen LogP contribution in [-0.2, 0) is 0 Å². The molecule has 0 unspecified atom stereocenters. The molecule has 0 N–H and O–H groups in total. The molecular weight excluding hydrogens is 701 g/mol. The Morgan fingerprint density at radius 3 is 1.05 bits per heavy atom. The van der Waals surface area contributed by atoms with Crippen LogP contribution in [0.5, 0.6) is 0 Å². The molecule has 58 heavy (non-hydrogen) atoms. The zero-order valence-electron chi connectivity index (χ0n) is 32.0. The first kappa shape index (κ1) is 34.8. The van der Waals surface area contributed by atoms with Crippen molar-refractivity contribution in [3.05, 3.63) is 242 Å². The maximum Gasteiger partial charge on any atom is 0.0540 e. The minimum Gasteiger partial charge on any atom is -0.310 e. The van der Waals surface area contributed by atoms with E-state index < -0.39 is 0 Å². The first-order chi connectivity index (χ1) is 28.8. The SMILES string of the molecule is C(C=Cc1ccc(N(c2ccccc2)c2ccc3ccccc3c2)c2ccccc12)=Cc1ccc(N(c2ccccc2)c2ccc3ccccc3c2)c2ccccc12. The molecule has 0 amide bonds. The van der Waals surface area contributed by atoms with Gasteiger partial charge in [0.1, 0.15) is 0 Å². The highest BCUT2D eigenvalue weighted by atomic mass is 15.1. The van der Waals surface area contributed by atoms with Gasteiger partial charge in [-0.1, -0.05) is 182 Å². The fourth-order valence-corrected chi connectivity index (χ4v) is 8.25. The number of allylic oxidation sites excluding steroid dienone is 2. The van der Waals surface area contributed by atoms with Crippen LogP contribution in [0.15, 0.2) is 231 Å². The van der Waals surface area contributed by atoms with Gasteiger partial charge in [-0.15, -0.1) is 0 Å². The maximum absolute atomic E-state index is 2.37. The Bertz CT molecular complexity index is 2910. The van der Waals surface area contributed by atoms with Gasteiger partial charge in [0.15, 0.2) is 0 Å². The first-order valence-electron chi connectivity index (χ1n) is 19.8. The first-order valence-corrected chi connectivity index (χ1v) is 19.8. The van der Waals surface area contributed by atoms with Gasteiger partial charge in [-0.3, -0.25) is 0 Å². The maximum atomic E-state index is 2.37. The smallest absolute Gasteiger partial charge is 0.0540 e. The molecule has 10 aromatic rings. The van der Waals surface area contributed by atoms with Crippen molar-refractivity contribution in [2.24, 2.45) is 0 Å². The minimum absolute atomic E-state index is 1.12. The third-order valence-corrected chi connectivity index (χ3v) is 11.0. The monoisotopic (exact) mass is 740 g/mol. The Morgan fingerprint density at radius 1 is 0.259 bits per heavy atom. The zero-order chi connectivity index (χ0) is 38.7. The molecular formula is C56H40N2. The van der Waals surface area contributed by atoms with Crippen LogP contribution in [0.2, 0.25) is 0 Å². The van der Waals surface area contributed by atoms with E-state index in [-0.39, 0.29) is 0 Å². The number of hydrogen-bond donors (Lipinski definition) is 0. The molecule has 10 aromatic carbocycles. The second-order valence-electron chi connectivity index (χ2n) is 14.6. The second kappa shape index (κ2) is 15.5. The van der Waals surface area contributed by atoms with Crippen LogP contribution >= 0.6 is 0 Å². The summed E-state index contributed by atoms with van der Waals surface area (Å²) in [7, 11) is 0. The molecule has 0 spiro atoms. The Morgan fingerprint density at radius 2 is 0.621 bits per heavy atom. The predicted octanol–water partition coefficient (Wildman–Crippen LogP) is 16.0. The Balaban J connectivity index is 1.00. The van der Waals surface area contributed by atoms with Crippen molar-refractivity contribution in [2.75, 3.05) is 9.80 Å². The molecule has 0 bridgehead atoms. The van der Waals surface area contributed by atoms with Crippen LogP contribution < -0.4 is 9.80 Å². The van der Waals surface area contributed by atoms with Crippen LogP contribution in [0.1, 0.15) is 11.1 Å². The molecule has 0 aromatic heterocycles. The van der Waals surface area contributed by atoms with E-state index >= 15 is 0 Å². The summed E-state index contributed by atoms with van der Waals surface area (Å²) < 4.78 is 0. The summed E-state index contributed by atoms with van der Waals surface area (Å²) in [6.07, 6.45) is 8.76. The van der Waals surface area contributed by atoms with Crippen LogP contribution in [0, 0.1) is 0 Å². The summed E-state index contributed by atoms with van der Waals surface area (Å²) >= 11 is 0. The topological polar surface area (TPSA) is 6.48 Å². The molecule has 0 aliphatic heterocycles. The molecule has 10 rings (SSSR count). The van der Waals surface area contributed by atoms with Crippen molar-refractivity contribution in [3.8, 4) is 0 Å². The lowest BCUT2D eigenvalue weighted by Crippen LogP contribution is -2.10. The highest BCUT2D eigenvalue weighted by molar-refractivity contribution is 6.05. The van der Waals surface area contributed by atoms with Gasteiger partial charge >= 0.3 is 0 Å². The molecule has 0 saturated heterocycles. The highest BCUT2D eigenvalue weighted by Gasteiger charge is 2.18. The van der Waals surface area contributed by atoms with Crippen molar-refractivity contribution >= 4 is 89.4 Å². The zero-order valence-corrected chi connectivity index (χ0v) is 32.0. The lowest BCUT2D eigenvalue weighted by molar-refractivity contribution is 1.30. The van der Waals surface area contributed by atoms with E-state index in [1.165, 1.54) is 54.2 Å². The number of nitrogens with zero attached hydrogens (tertiary/aromatic N) is 2. The summed E-state index contributed by atoms with van der Waals surface area (Å²) in [5.41, 5.74) is 9.13. The van der Waals surface area contributed by atoms with E-state index in [2.05, 4.69) is 252 Å². The van der Waals surface area contributed by atoms with Crippen molar-refractivity contribution in [2.45, 2.75) is 0 Å². The highest BCUT2D eigenvalue weighted by Crippen LogP contribution is 2.42. The van der Waals surface area contributed by atoms with Gasteiger partial charge in [0.05, 0.1) is 11.4 Å². The van der Waals surface area contributed by atoms with Gasteiger partial charge in [0.2, 0.25) is 0 Å². The van der Waals surface area contributed by atoms with E-state index in [1.807, 2.05) is 0 Å². The minimum atomic E-state index is 1.12. The van der Waals surface area contributed by atoms with Crippen LogP contribution in [0.3, 0.4) is 0 Å². The van der Waals surface area contributed by atoms with E-state index in [0.717, 1.165) is 34.1 Å². The summed E-state index contributed by atoms with van der Waals surface area (Å²) in [4.78, 5) is 4.74. The van der Waals surface area contributed by atoms with E-state index in [0.29, 0.717) is 0 Å². The molecule has 0 atom stereocenters. The fourth-order valence-electron chi connectivity index (χ4n) is 8.25. The fraction of sp³-hybridized carbons (Fsp3) is 0. The number of anilines is 6. The van der Waals surface area contributed by atoms with E-state index in [1.54, 1.807) is 0 Å². The number of fused-ring (bicyclic) bond motifs is 4. The molecule has 0 aliphatic carbocycles. The number of benzene rings is 10. The molecule has 0 fully saturated rings. The molecule has 2 heteroatoms. The molecule has 274 valence electrons. The average Bonchev–Trinajstić information content (AvgIpc) is 3.29. The molecule has 2 nitrogen and oxygen atoms in total. The number of hydrogen-bond acceptors (Lipinski definition) is 2. The van der Waals surface area contributed by atoms with Gasteiger partial charge in [-0.05, 0) is 104 Å². The van der Waals surface area contributed by atoms with Crippen molar-refractivity contribution in [3.63, 3.8) is 0 Å². The molecule has 0 radical (unpaired) electrons. The van der Waals surface area contributed by atoms with Gasteiger partial charge in [-0.25, -0.2) is 0 Å². The molecule has 0 heterocycles. The number of para-hydroxylation sites is 2. The third kappa shape index (κ3) is 6.67. The predicted molar refractivity (Wildman–Crippen MR) is 250 cm³/mol. The lowest BCUT2D eigenvalue weighted by atomic mass is 9.99. The Kier molecular flexibility index (Phi) is 9.27. The quantitative estimate of drug-likeness (QED) is 0.136. The molecule has 0 aliphatic rings. The van der Waals surface area contributed by atoms with Crippen LogP contribution in [-0.4, -0.2) is 0 Å². The second-order valence-corrected chi connectivity index (χ2v) is 14.6. The largest absolute Gasteiger partial charge is 0.310 e. The third-order valence-electron chi connectivity index (χ3n) is 11.0. The van der Waals surface area contributed by atoms with Crippen LogP contribution in [0.25, 0.3) is 55.2 Å². The van der Waals surface area contributed by atoms with Crippen LogP contribution in [0.4, 0.5) is 34.1 Å². The lowest BCUT2D eigenvalue weighted by Gasteiger charge is -2.27. The summed E-state index contributed by atoms with van der Waals surface area (Å²) in [6, 6.07) is 78.3. The normalized spacial score (nSPS) is 11.7. The van der Waals surface area contributed by atoms with Crippen molar-refractivity contribution in [1.29, 1.82) is 0 Å². The summed E-state index contributed by atoms with van der Waals surface area (Å²) in [5.74, 6) is 0. The average molecular weight is 741 g/mol. The van der Waals surface area contributed by atoms with Gasteiger partial charge in [0, 0.05) is 33.5 Å². The van der Waals surface area contributed by atoms with Gasteiger partial charge in [0.25, 0.3) is 0 Å². The Labute approximate surface area is 339 Å². The van der Waals surface area contributed by atoms with Crippen molar-refractivity contribution in [1.82, 2.24) is 0 Å². The van der Waals surface area contributed by atoms with Gasteiger partial charge < -0.3 is 9.80 Å².